The Kier molecular flexibility index (Phi) is 5.94. The Morgan fingerprint density at radius 1 is 1.46 bits per heavy atom. The topological polar surface area (TPSA) is 26.3 Å². The molecule has 2 unspecified atom stereocenters. The maximum absolute atomic E-state index is 10.9. The molecule has 0 bridgehead atoms. The molecule has 0 radical (unpaired) electrons. The normalized spacial score (nSPS) is 15.3. The maximum Gasteiger partial charge on any atom is 0.330 e. The molecule has 0 saturated heterocycles. The fourth-order valence-electron chi connectivity index (χ4n) is 0.811. The molecule has 0 N–H and O–H groups in total. The van der Waals surface area contributed by atoms with Crippen LogP contribution in [0.25, 0.3) is 0 Å². The van der Waals surface area contributed by atoms with E-state index in [-0.39, 0.29) is 5.97 Å². The van der Waals surface area contributed by atoms with E-state index in [0.717, 1.165) is 0 Å². The van der Waals surface area contributed by atoms with Gasteiger partial charge in [0.25, 0.3) is 0 Å². The van der Waals surface area contributed by atoms with Crippen LogP contribution in [0.15, 0.2) is 24.8 Å². The molecule has 0 amide bonds. The molecule has 2 heteroatoms. The lowest BCUT2D eigenvalue weighted by Gasteiger charge is -2.10. The van der Waals surface area contributed by atoms with Gasteiger partial charge >= 0.3 is 5.97 Å². The molecule has 2 atom stereocenters. The third-order valence-corrected chi connectivity index (χ3v) is 2.02. The molecule has 0 heterocycles. The van der Waals surface area contributed by atoms with Gasteiger partial charge in [0, 0.05) is 6.08 Å². The third kappa shape index (κ3) is 5.23. The van der Waals surface area contributed by atoms with Gasteiger partial charge in [0.05, 0.1) is 6.61 Å². The predicted octanol–water partition coefficient (Wildman–Crippen LogP) is 2.56. The van der Waals surface area contributed by atoms with E-state index in [1.54, 1.807) is 6.92 Å². The minimum Gasteiger partial charge on any atom is -0.463 e. The predicted molar refractivity (Wildman–Crippen MR) is 54.3 cm³/mol. The van der Waals surface area contributed by atoms with E-state index >= 15 is 0 Å². The van der Waals surface area contributed by atoms with Gasteiger partial charge in [-0.05, 0) is 18.8 Å². The van der Waals surface area contributed by atoms with Crippen molar-refractivity contribution in [2.45, 2.75) is 20.8 Å². The van der Waals surface area contributed by atoms with E-state index in [1.807, 2.05) is 19.1 Å². The lowest BCUT2D eigenvalue weighted by molar-refractivity contribution is -0.137. The monoisotopic (exact) mass is 182 g/mol. The second-order valence-corrected chi connectivity index (χ2v) is 3.07. The summed E-state index contributed by atoms with van der Waals surface area (Å²) in [4.78, 5) is 10.9. The molecule has 0 aromatic carbocycles. The van der Waals surface area contributed by atoms with Crippen molar-refractivity contribution in [3.05, 3.63) is 24.8 Å². The van der Waals surface area contributed by atoms with Gasteiger partial charge < -0.3 is 4.74 Å². The van der Waals surface area contributed by atoms with Crippen LogP contribution in [0.3, 0.4) is 0 Å². The molecule has 0 spiro atoms. The number of rotatable bonds is 5. The van der Waals surface area contributed by atoms with Crippen LogP contribution in [-0.4, -0.2) is 12.6 Å². The Hall–Kier alpha value is -1.05. The SMILES string of the molecule is C=CC(C)C(C)/C=C/C(=O)OCC. The molecular formula is C11H18O2. The minimum absolute atomic E-state index is 0.273. The molecular weight excluding hydrogens is 164 g/mol. The van der Waals surface area contributed by atoms with Crippen molar-refractivity contribution in [1.29, 1.82) is 0 Å². The van der Waals surface area contributed by atoms with Gasteiger partial charge in [-0.3, -0.25) is 0 Å². The summed E-state index contributed by atoms with van der Waals surface area (Å²) < 4.78 is 4.75. The van der Waals surface area contributed by atoms with E-state index in [1.165, 1.54) is 6.08 Å². The Labute approximate surface area is 80.3 Å². The number of ether oxygens (including phenoxy) is 1. The Morgan fingerprint density at radius 3 is 2.54 bits per heavy atom. The quantitative estimate of drug-likeness (QED) is 0.371. The molecule has 74 valence electrons. The van der Waals surface area contributed by atoms with Crippen LogP contribution in [0.1, 0.15) is 20.8 Å². The molecule has 0 fully saturated rings. The standard InChI is InChI=1S/C11H18O2/c1-5-9(3)10(4)7-8-11(12)13-6-2/h5,7-10H,1,6H2,2-4H3/b8-7+. The van der Waals surface area contributed by atoms with Gasteiger partial charge in [-0.25, -0.2) is 4.79 Å². The van der Waals surface area contributed by atoms with Crippen molar-refractivity contribution >= 4 is 5.97 Å². The number of esters is 1. The van der Waals surface area contributed by atoms with E-state index in [4.69, 9.17) is 4.74 Å². The zero-order valence-corrected chi connectivity index (χ0v) is 8.62. The van der Waals surface area contributed by atoms with Crippen molar-refractivity contribution in [3.63, 3.8) is 0 Å². The summed E-state index contributed by atoms with van der Waals surface area (Å²) in [6, 6.07) is 0. The van der Waals surface area contributed by atoms with Crippen LogP contribution in [0.5, 0.6) is 0 Å². The highest BCUT2D eigenvalue weighted by atomic mass is 16.5. The molecule has 2 nitrogen and oxygen atoms in total. The van der Waals surface area contributed by atoms with Crippen LogP contribution in [-0.2, 0) is 9.53 Å². The first-order valence-electron chi connectivity index (χ1n) is 4.59. The van der Waals surface area contributed by atoms with Crippen molar-refractivity contribution in [1.82, 2.24) is 0 Å². The summed E-state index contributed by atoms with van der Waals surface area (Å²) in [5, 5.41) is 0. The van der Waals surface area contributed by atoms with Gasteiger partial charge in [-0.1, -0.05) is 26.0 Å². The second kappa shape index (κ2) is 6.46. The van der Waals surface area contributed by atoms with Crippen molar-refractivity contribution in [2.75, 3.05) is 6.61 Å². The molecule has 13 heavy (non-hydrogen) atoms. The summed E-state index contributed by atoms with van der Waals surface area (Å²) in [5.41, 5.74) is 0. The minimum atomic E-state index is -0.273. The summed E-state index contributed by atoms with van der Waals surface area (Å²) >= 11 is 0. The van der Waals surface area contributed by atoms with Crippen LogP contribution in [0.2, 0.25) is 0 Å². The molecule has 0 aliphatic heterocycles. The highest BCUT2D eigenvalue weighted by Gasteiger charge is 2.04. The number of allylic oxidation sites excluding steroid dienone is 2. The molecule has 0 aliphatic rings. The fraction of sp³-hybridized carbons (Fsp3) is 0.545. The average Bonchev–Trinajstić information content (AvgIpc) is 2.13. The maximum atomic E-state index is 10.9. The van der Waals surface area contributed by atoms with E-state index in [2.05, 4.69) is 13.5 Å². The van der Waals surface area contributed by atoms with Crippen LogP contribution in [0.4, 0.5) is 0 Å². The highest BCUT2D eigenvalue weighted by molar-refractivity contribution is 5.81. The smallest absolute Gasteiger partial charge is 0.330 e. The summed E-state index contributed by atoms with van der Waals surface area (Å²) in [7, 11) is 0. The van der Waals surface area contributed by atoms with E-state index in [0.29, 0.717) is 18.4 Å². The first-order valence-corrected chi connectivity index (χ1v) is 4.59. The van der Waals surface area contributed by atoms with Gasteiger partial charge in [0.1, 0.15) is 0 Å². The molecule has 0 saturated carbocycles. The summed E-state index contributed by atoms with van der Waals surface area (Å²) in [6.45, 7) is 10.0. The lowest BCUT2D eigenvalue weighted by atomic mass is 9.96. The van der Waals surface area contributed by atoms with E-state index < -0.39 is 0 Å². The second-order valence-electron chi connectivity index (χ2n) is 3.07. The van der Waals surface area contributed by atoms with Gasteiger partial charge in [0.2, 0.25) is 0 Å². The fourth-order valence-corrected chi connectivity index (χ4v) is 0.811. The largest absolute Gasteiger partial charge is 0.463 e. The van der Waals surface area contributed by atoms with Crippen molar-refractivity contribution in [3.8, 4) is 0 Å². The Balaban J connectivity index is 3.95. The molecule has 0 aliphatic carbocycles. The lowest BCUT2D eigenvalue weighted by Crippen LogP contribution is -2.04. The highest BCUT2D eigenvalue weighted by Crippen LogP contribution is 2.12. The molecule has 0 aromatic rings. The summed E-state index contributed by atoms with van der Waals surface area (Å²) in [5.74, 6) is 0.429. The zero-order valence-electron chi connectivity index (χ0n) is 8.62. The zero-order chi connectivity index (χ0) is 10.3. The summed E-state index contributed by atoms with van der Waals surface area (Å²) in [6.07, 6.45) is 5.21. The Bertz CT molecular complexity index is 194. The first kappa shape index (κ1) is 11.9. The average molecular weight is 182 g/mol. The van der Waals surface area contributed by atoms with Gasteiger partial charge in [-0.2, -0.15) is 0 Å². The molecule has 0 rings (SSSR count). The third-order valence-electron chi connectivity index (χ3n) is 2.02. The van der Waals surface area contributed by atoms with Gasteiger partial charge in [0.15, 0.2) is 0 Å². The number of hydrogen-bond acceptors (Lipinski definition) is 2. The van der Waals surface area contributed by atoms with Crippen LogP contribution >= 0.6 is 0 Å². The van der Waals surface area contributed by atoms with Crippen molar-refractivity contribution < 1.29 is 9.53 Å². The van der Waals surface area contributed by atoms with E-state index in [9.17, 15) is 4.79 Å². The number of carbonyl (C=O) groups excluding carboxylic acids is 1. The Morgan fingerprint density at radius 2 is 2.08 bits per heavy atom. The van der Waals surface area contributed by atoms with Crippen molar-refractivity contribution in [2.24, 2.45) is 11.8 Å². The first-order chi connectivity index (χ1) is 6.11. The molecule has 0 aromatic heterocycles. The van der Waals surface area contributed by atoms with Crippen LogP contribution < -0.4 is 0 Å². The van der Waals surface area contributed by atoms with Crippen LogP contribution in [0, 0.1) is 11.8 Å². The van der Waals surface area contributed by atoms with Gasteiger partial charge in [-0.15, -0.1) is 6.58 Å². The number of carbonyl (C=O) groups is 1. The number of hydrogen-bond donors (Lipinski definition) is 0.